The van der Waals surface area contributed by atoms with Crippen LogP contribution in [-0.2, 0) is 6.54 Å². The van der Waals surface area contributed by atoms with Gasteiger partial charge in [-0.3, -0.25) is 0 Å². The molecule has 17 heavy (non-hydrogen) atoms. The first-order valence-corrected chi connectivity index (χ1v) is 5.14. The fourth-order valence-electron chi connectivity index (χ4n) is 1.43. The van der Waals surface area contributed by atoms with Gasteiger partial charge in [0.05, 0.1) is 13.7 Å². The van der Waals surface area contributed by atoms with Crippen molar-refractivity contribution in [2.75, 3.05) is 18.2 Å². The Hall–Kier alpha value is -2.24. The zero-order valence-corrected chi connectivity index (χ0v) is 9.73. The summed E-state index contributed by atoms with van der Waals surface area (Å²) in [6.07, 6.45) is 1.39. The van der Waals surface area contributed by atoms with E-state index in [1.165, 1.54) is 13.4 Å². The Bertz CT molecular complexity index is 510. The highest BCUT2D eigenvalue weighted by Crippen LogP contribution is 2.24. The SMILES string of the molecule is COc1ncnc(NCc2ccc(C)o2)c1N. The summed E-state index contributed by atoms with van der Waals surface area (Å²) >= 11 is 0. The van der Waals surface area contributed by atoms with E-state index >= 15 is 0 Å². The Balaban J connectivity index is 2.09. The molecule has 6 heteroatoms. The number of nitrogens with zero attached hydrogens (tertiary/aromatic N) is 2. The van der Waals surface area contributed by atoms with Crippen molar-refractivity contribution in [2.45, 2.75) is 13.5 Å². The summed E-state index contributed by atoms with van der Waals surface area (Å²) in [5, 5.41) is 3.07. The lowest BCUT2D eigenvalue weighted by Crippen LogP contribution is -2.06. The smallest absolute Gasteiger partial charge is 0.242 e. The first-order chi connectivity index (χ1) is 8.20. The number of nitrogen functional groups attached to an aromatic ring is 1. The van der Waals surface area contributed by atoms with Gasteiger partial charge in [-0.05, 0) is 19.1 Å². The lowest BCUT2D eigenvalue weighted by atomic mass is 10.4. The van der Waals surface area contributed by atoms with E-state index in [1.54, 1.807) is 0 Å². The largest absolute Gasteiger partial charge is 0.479 e. The molecular formula is C11H14N4O2. The third-order valence-electron chi connectivity index (χ3n) is 2.27. The van der Waals surface area contributed by atoms with E-state index in [2.05, 4.69) is 15.3 Å². The van der Waals surface area contributed by atoms with Crippen LogP contribution in [0, 0.1) is 6.92 Å². The van der Waals surface area contributed by atoms with Crippen molar-refractivity contribution in [1.82, 2.24) is 9.97 Å². The van der Waals surface area contributed by atoms with Gasteiger partial charge in [0.15, 0.2) is 5.82 Å². The van der Waals surface area contributed by atoms with Gasteiger partial charge in [0, 0.05) is 0 Å². The van der Waals surface area contributed by atoms with Gasteiger partial charge in [-0.2, -0.15) is 4.98 Å². The van der Waals surface area contributed by atoms with Gasteiger partial charge in [-0.1, -0.05) is 0 Å². The average molecular weight is 234 g/mol. The van der Waals surface area contributed by atoms with Crippen molar-refractivity contribution in [3.63, 3.8) is 0 Å². The molecule has 0 saturated heterocycles. The molecule has 0 unspecified atom stereocenters. The van der Waals surface area contributed by atoms with Gasteiger partial charge < -0.3 is 20.2 Å². The van der Waals surface area contributed by atoms with Crippen molar-refractivity contribution in [3.8, 4) is 5.88 Å². The van der Waals surface area contributed by atoms with Gasteiger partial charge in [-0.25, -0.2) is 4.98 Å². The lowest BCUT2D eigenvalue weighted by molar-refractivity contribution is 0.399. The number of hydrogen-bond donors (Lipinski definition) is 2. The molecule has 90 valence electrons. The molecule has 3 N–H and O–H groups in total. The number of aryl methyl sites for hydroxylation is 1. The molecule has 0 amide bonds. The van der Waals surface area contributed by atoms with Crippen LogP contribution < -0.4 is 15.8 Å². The van der Waals surface area contributed by atoms with E-state index in [0.717, 1.165) is 11.5 Å². The van der Waals surface area contributed by atoms with Gasteiger partial charge in [0.25, 0.3) is 0 Å². The van der Waals surface area contributed by atoms with Crippen LogP contribution in [0.3, 0.4) is 0 Å². The number of nitrogens with one attached hydrogen (secondary N) is 1. The minimum atomic E-state index is 0.359. The molecule has 2 aromatic heterocycles. The highest BCUT2D eigenvalue weighted by Gasteiger charge is 2.08. The maximum atomic E-state index is 5.82. The quantitative estimate of drug-likeness (QED) is 0.835. The molecule has 0 aliphatic heterocycles. The summed E-state index contributed by atoms with van der Waals surface area (Å²) in [6.45, 7) is 2.41. The molecule has 2 heterocycles. The standard InChI is InChI=1S/C11H14N4O2/c1-7-3-4-8(17-7)5-13-10-9(12)11(16-2)15-6-14-10/h3-4,6H,5,12H2,1-2H3,(H,13,14,15). The second-order valence-electron chi connectivity index (χ2n) is 3.51. The second-order valence-corrected chi connectivity index (χ2v) is 3.51. The number of nitrogens with two attached hydrogens (primary N) is 1. The Labute approximate surface area is 98.8 Å². The van der Waals surface area contributed by atoms with Gasteiger partial charge in [-0.15, -0.1) is 0 Å². The van der Waals surface area contributed by atoms with Crippen LogP contribution in [0.25, 0.3) is 0 Å². The van der Waals surface area contributed by atoms with Crippen molar-refractivity contribution in [2.24, 2.45) is 0 Å². The Morgan fingerprint density at radius 2 is 2.24 bits per heavy atom. The molecule has 2 aromatic rings. The number of methoxy groups -OCH3 is 1. The lowest BCUT2D eigenvalue weighted by Gasteiger charge is -2.08. The highest BCUT2D eigenvalue weighted by atomic mass is 16.5. The number of furan rings is 1. The van der Waals surface area contributed by atoms with Crippen LogP contribution >= 0.6 is 0 Å². The van der Waals surface area contributed by atoms with Crippen LogP contribution in [0.4, 0.5) is 11.5 Å². The zero-order chi connectivity index (χ0) is 12.3. The first-order valence-electron chi connectivity index (χ1n) is 5.14. The van der Waals surface area contributed by atoms with Crippen molar-refractivity contribution in [1.29, 1.82) is 0 Å². The number of ether oxygens (including phenoxy) is 1. The first kappa shape index (κ1) is 11.3. The molecule has 2 rings (SSSR count). The van der Waals surface area contributed by atoms with Crippen molar-refractivity contribution >= 4 is 11.5 Å². The van der Waals surface area contributed by atoms with E-state index in [-0.39, 0.29) is 0 Å². The van der Waals surface area contributed by atoms with Crippen LogP contribution in [0.2, 0.25) is 0 Å². The third-order valence-corrected chi connectivity index (χ3v) is 2.27. The maximum absolute atomic E-state index is 5.82. The number of hydrogen-bond acceptors (Lipinski definition) is 6. The van der Waals surface area contributed by atoms with Crippen LogP contribution in [-0.4, -0.2) is 17.1 Å². The number of anilines is 2. The summed E-state index contributed by atoms with van der Waals surface area (Å²) in [6, 6.07) is 3.80. The van der Waals surface area contributed by atoms with Crippen LogP contribution in [0.1, 0.15) is 11.5 Å². The Morgan fingerprint density at radius 3 is 2.88 bits per heavy atom. The predicted molar refractivity (Wildman–Crippen MR) is 63.8 cm³/mol. The molecule has 0 bridgehead atoms. The van der Waals surface area contributed by atoms with Crippen LogP contribution in [0.5, 0.6) is 5.88 Å². The molecule has 0 radical (unpaired) electrons. The predicted octanol–water partition coefficient (Wildman–Crippen LogP) is 1.58. The van der Waals surface area contributed by atoms with Gasteiger partial charge in [0.1, 0.15) is 23.5 Å². The summed E-state index contributed by atoms with van der Waals surface area (Å²) in [5.74, 6) is 2.58. The van der Waals surface area contributed by atoms with Crippen molar-refractivity contribution < 1.29 is 9.15 Å². The molecule has 0 atom stereocenters. The number of aromatic nitrogens is 2. The van der Waals surface area contributed by atoms with Crippen LogP contribution in [0.15, 0.2) is 22.9 Å². The monoisotopic (exact) mass is 234 g/mol. The zero-order valence-electron chi connectivity index (χ0n) is 9.73. The van der Waals surface area contributed by atoms with E-state index in [1.807, 2.05) is 19.1 Å². The minimum Gasteiger partial charge on any atom is -0.479 e. The third kappa shape index (κ3) is 2.47. The average Bonchev–Trinajstić information content (AvgIpc) is 2.74. The van der Waals surface area contributed by atoms with E-state index in [4.69, 9.17) is 14.9 Å². The van der Waals surface area contributed by atoms with E-state index < -0.39 is 0 Å². The summed E-state index contributed by atoms with van der Waals surface area (Å²) in [4.78, 5) is 7.93. The normalized spacial score (nSPS) is 10.2. The molecule has 0 aromatic carbocycles. The molecule has 0 saturated carbocycles. The molecule has 6 nitrogen and oxygen atoms in total. The second kappa shape index (κ2) is 4.73. The van der Waals surface area contributed by atoms with E-state index in [0.29, 0.717) is 23.9 Å². The summed E-state index contributed by atoms with van der Waals surface area (Å²) in [7, 11) is 1.51. The fraction of sp³-hybridized carbons (Fsp3) is 0.273. The molecular weight excluding hydrogens is 220 g/mol. The molecule has 0 aliphatic rings. The molecule has 0 aliphatic carbocycles. The highest BCUT2D eigenvalue weighted by molar-refractivity contribution is 5.66. The van der Waals surface area contributed by atoms with Crippen molar-refractivity contribution in [3.05, 3.63) is 30.0 Å². The molecule has 0 spiro atoms. The topological polar surface area (TPSA) is 86.2 Å². The summed E-state index contributed by atoms with van der Waals surface area (Å²) in [5.41, 5.74) is 6.21. The van der Waals surface area contributed by atoms with Gasteiger partial charge in [0.2, 0.25) is 5.88 Å². The fourth-order valence-corrected chi connectivity index (χ4v) is 1.43. The minimum absolute atomic E-state index is 0.359. The number of rotatable bonds is 4. The Kier molecular flexibility index (Phi) is 3.13. The Morgan fingerprint density at radius 1 is 1.41 bits per heavy atom. The summed E-state index contributed by atoms with van der Waals surface area (Å²) < 4.78 is 10.4. The van der Waals surface area contributed by atoms with Gasteiger partial charge >= 0.3 is 0 Å². The molecule has 0 fully saturated rings. The van der Waals surface area contributed by atoms with E-state index in [9.17, 15) is 0 Å². The maximum Gasteiger partial charge on any atom is 0.242 e.